The van der Waals surface area contributed by atoms with Crippen molar-refractivity contribution in [2.24, 2.45) is 28.6 Å². The molecular weight excluding hydrogens is 288 g/mol. The average molecular weight is 314 g/mol. The summed E-state index contributed by atoms with van der Waals surface area (Å²) in [4.78, 5) is 24.2. The van der Waals surface area contributed by atoms with Gasteiger partial charge in [0.15, 0.2) is 5.78 Å². The lowest BCUT2D eigenvalue weighted by atomic mass is 9.48. The second-order valence-corrected chi connectivity index (χ2v) is 8.72. The summed E-state index contributed by atoms with van der Waals surface area (Å²) in [6.45, 7) is 4.66. The number of aliphatic carboxylic acids is 1. The van der Waals surface area contributed by atoms with E-state index >= 15 is 0 Å². The van der Waals surface area contributed by atoms with Gasteiger partial charge in [0, 0.05) is 11.5 Å². The molecule has 0 aromatic carbocycles. The molecule has 0 amide bonds. The number of fused-ring (bicyclic) bond motifs is 5. The fourth-order valence-corrected chi connectivity index (χ4v) is 6.23. The fourth-order valence-electron chi connectivity index (χ4n) is 6.23. The van der Waals surface area contributed by atoms with Crippen molar-refractivity contribution in [2.75, 3.05) is 0 Å². The summed E-state index contributed by atoms with van der Waals surface area (Å²) >= 11 is 0. The van der Waals surface area contributed by atoms with Crippen LogP contribution in [0.5, 0.6) is 0 Å². The largest absolute Gasteiger partial charge is 0.478 e. The minimum Gasteiger partial charge on any atom is -0.478 e. The zero-order valence-corrected chi connectivity index (χ0v) is 14.1. The molecule has 4 rings (SSSR count). The Kier molecular flexibility index (Phi) is 3.17. The third-order valence-electron chi connectivity index (χ3n) is 7.67. The van der Waals surface area contributed by atoms with Crippen molar-refractivity contribution in [1.29, 1.82) is 0 Å². The number of hydrogen-bond acceptors (Lipinski definition) is 2. The highest BCUT2D eigenvalue weighted by Gasteiger charge is 2.57. The van der Waals surface area contributed by atoms with Crippen molar-refractivity contribution in [2.45, 2.75) is 58.8 Å². The van der Waals surface area contributed by atoms with E-state index in [-0.39, 0.29) is 17.1 Å². The summed E-state index contributed by atoms with van der Waals surface area (Å²) in [6.07, 6.45) is 11.2. The Hall–Kier alpha value is -1.38. The molecule has 2 saturated carbocycles. The van der Waals surface area contributed by atoms with Crippen molar-refractivity contribution >= 4 is 11.8 Å². The lowest BCUT2D eigenvalue weighted by molar-refractivity contribution is -0.134. The Labute approximate surface area is 137 Å². The van der Waals surface area contributed by atoms with Gasteiger partial charge in [0.1, 0.15) is 0 Å². The Morgan fingerprint density at radius 2 is 1.91 bits per heavy atom. The van der Waals surface area contributed by atoms with Crippen molar-refractivity contribution < 1.29 is 14.7 Å². The predicted molar refractivity (Wildman–Crippen MR) is 87.8 cm³/mol. The highest BCUT2D eigenvalue weighted by Crippen LogP contribution is 2.63. The first-order valence-corrected chi connectivity index (χ1v) is 9.05. The number of carbonyl (C=O) groups excluding carboxylic acids is 1. The number of carbonyl (C=O) groups is 2. The smallest absolute Gasteiger partial charge is 0.331 e. The maximum atomic E-state index is 12.9. The van der Waals surface area contributed by atoms with E-state index in [4.69, 9.17) is 0 Å². The topological polar surface area (TPSA) is 54.4 Å². The molecule has 4 aliphatic rings. The number of carboxylic acids is 1. The van der Waals surface area contributed by atoms with Gasteiger partial charge in [0.25, 0.3) is 0 Å². The Balaban J connectivity index is 1.77. The van der Waals surface area contributed by atoms with Crippen LogP contribution in [0, 0.1) is 28.6 Å². The van der Waals surface area contributed by atoms with Crippen LogP contribution in [0.15, 0.2) is 23.3 Å². The van der Waals surface area contributed by atoms with Crippen LogP contribution in [-0.4, -0.2) is 16.9 Å². The first-order chi connectivity index (χ1) is 10.8. The van der Waals surface area contributed by atoms with Gasteiger partial charge in [-0.3, -0.25) is 4.79 Å². The lowest BCUT2D eigenvalue weighted by Gasteiger charge is -2.55. The third kappa shape index (κ3) is 2.01. The molecule has 2 fully saturated rings. The van der Waals surface area contributed by atoms with Crippen molar-refractivity contribution in [3.05, 3.63) is 23.3 Å². The Morgan fingerprint density at radius 1 is 1.13 bits per heavy atom. The van der Waals surface area contributed by atoms with Crippen molar-refractivity contribution in [1.82, 2.24) is 0 Å². The summed E-state index contributed by atoms with van der Waals surface area (Å²) in [5, 5.41) is 9.29. The van der Waals surface area contributed by atoms with E-state index in [1.165, 1.54) is 25.7 Å². The minimum atomic E-state index is -0.838. The number of allylic oxidation sites excluding steroid dienone is 3. The van der Waals surface area contributed by atoms with Crippen molar-refractivity contribution in [3.63, 3.8) is 0 Å². The summed E-state index contributed by atoms with van der Waals surface area (Å²) in [7, 11) is 0. The molecule has 0 aliphatic heterocycles. The molecule has 0 aromatic heterocycles. The quantitative estimate of drug-likeness (QED) is 0.791. The molecule has 4 aliphatic carbocycles. The van der Waals surface area contributed by atoms with E-state index in [0.29, 0.717) is 29.2 Å². The van der Waals surface area contributed by atoms with Gasteiger partial charge < -0.3 is 5.11 Å². The van der Waals surface area contributed by atoms with E-state index in [9.17, 15) is 14.7 Å². The van der Waals surface area contributed by atoms with Crippen LogP contribution in [-0.2, 0) is 9.59 Å². The van der Waals surface area contributed by atoms with Crippen LogP contribution in [0.2, 0.25) is 0 Å². The lowest BCUT2D eigenvalue weighted by Crippen LogP contribution is -2.51. The number of ketones is 1. The minimum absolute atomic E-state index is 0.0125. The second-order valence-electron chi connectivity index (χ2n) is 8.72. The number of hydrogen-bond donors (Lipinski definition) is 1. The van der Waals surface area contributed by atoms with Crippen LogP contribution >= 0.6 is 0 Å². The normalized spacial score (nSPS) is 45.5. The highest BCUT2D eigenvalue weighted by molar-refractivity contribution is 5.96. The fraction of sp³-hybridized carbons (Fsp3) is 0.700. The maximum Gasteiger partial charge on any atom is 0.331 e. The van der Waals surface area contributed by atoms with E-state index in [1.807, 2.05) is 0 Å². The molecule has 124 valence electrons. The highest BCUT2D eigenvalue weighted by atomic mass is 16.4. The van der Waals surface area contributed by atoms with Gasteiger partial charge in [0.2, 0.25) is 0 Å². The zero-order valence-electron chi connectivity index (χ0n) is 14.1. The molecule has 1 N–H and O–H groups in total. The maximum absolute atomic E-state index is 12.9. The Bertz CT molecular complexity index is 643. The van der Waals surface area contributed by atoms with Gasteiger partial charge in [-0.05, 0) is 78.9 Å². The van der Waals surface area contributed by atoms with E-state index < -0.39 is 5.97 Å². The molecule has 0 unspecified atom stereocenters. The molecule has 23 heavy (non-hydrogen) atoms. The van der Waals surface area contributed by atoms with E-state index in [0.717, 1.165) is 18.4 Å². The van der Waals surface area contributed by atoms with Crippen LogP contribution in [0.1, 0.15) is 58.8 Å². The van der Waals surface area contributed by atoms with E-state index in [2.05, 4.69) is 13.8 Å². The molecule has 0 bridgehead atoms. The first-order valence-electron chi connectivity index (χ1n) is 9.05. The monoisotopic (exact) mass is 314 g/mol. The van der Waals surface area contributed by atoms with Gasteiger partial charge in [-0.1, -0.05) is 20.3 Å². The zero-order chi connectivity index (χ0) is 16.4. The molecule has 3 nitrogen and oxygen atoms in total. The molecule has 0 saturated heterocycles. The van der Waals surface area contributed by atoms with Gasteiger partial charge >= 0.3 is 5.97 Å². The molecular formula is C20H26O3. The molecule has 3 heteroatoms. The predicted octanol–water partition coefficient (Wildman–Crippen LogP) is 4.14. The number of rotatable bonds is 1. The Morgan fingerprint density at radius 3 is 2.65 bits per heavy atom. The molecule has 5 atom stereocenters. The van der Waals surface area contributed by atoms with Crippen LogP contribution in [0.3, 0.4) is 0 Å². The number of carboxylic acid groups (broad SMARTS) is 1. The third-order valence-corrected chi connectivity index (χ3v) is 7.67. The average Bonchev–Trinajstić information content (AvgIpc) is 2.89. The summed E-state index contributed by atoms with van der Waals surface area (Å²) in [5.41, 5.74) is 1.78. The summed E-state index contributed by atoms with van der Waals surface area (Å²) < 4.78 is 0. The van der Waals surface area contributed by atoms with Gasteiger partial charge in [-0.2, -0.15) is 0 Å². The van der Waals surface area contributed by atoms with E-state index in [1.54, 1.807) is 12.2 Å². The molecule has 0 radical (unpaired) electrons. The van der Waals surface area contributed by atoms with Gasteiger partial charge in [0.05, 0.1) is 0 Å². The van der Waals surface area contributed by atoms with Gasteiger partial charge in [-0.15, -0.1) is 0 Å². The summed E-state index contributed by atoms with van der Waals surface area (Å²) in [6, 6.07) is 0. The summed E-state index contributed by atoms with van der Waals surface area (Å²) in [5.74, 6) is 0.536. The van der Waals surface area contributed by atoms with Crippen LogP contribution in [0.4, 0.5) is 0 Å². The second kappa shape index (κ2) is 4.81. The van der Waals surface area contributed by atoms with Crippen LogP contribution in [0.25, 0.3) is 0 Å². The molecule has 0 aromatic rings. The first kappa shape index (κ1) is 15.2. The standard InChI is InChI=1S/C20H26O3/c1-19-7-3-4-14(19)17-15(6-8-19)20(2)9-5-12(18(22)23)10-13(20)11-16(17)21/h10-11,14-15,17H,3-9H2,1-2H3,(H,22,23)/t14-,15-,17-,19-,20-/m0/s1. The SMILES string of the molecule is C[C@@]12CCC[C@H]1[C@@H]1C(=O)C=C3C=C(C(=O)O)CC[C@]3(C)[C@H]1CC2. The van der Waals surface area contributed by atoms with Gasteiger partial charge in [-0.25, -0.2) is 4.79 Å². The van der Waals surface area contributed by atoms with Crippen molar-refractivity contribution in [3.8, 4) is 0 Å². The van der Waals surface area contributed by atoms with Crippen LogP contribution < -0.4 is 0 Å². The molecule has 0 heterocycles. The molecule has 0 spiro atoms.